The average Bonchev–Trinajstić information content (AvgIpc) is 2.84. The van der Waals surface area contributed by atoms with Crippen molar-refractivity contribution in [2.24, 2.45) is 0 Å². The zero-order valence-electron chi connectivity index (χ0n) is 17.8. The normalized spacial score (nSPS) is 15.0. The largest absolute Gasteiger partial charge is 0.493 e. The zero-order chi connectivity index (χ0) is 22.9. The van der Waals surface area contributed by atoms with Crippen LogP contribution in [0.4, 0.5) is 5.69 Å². The van der Waals surface area contributed by atoms with Gasteiger partial charge < -0.3 is 14.8 Å². The van der Waals surface area contributed by atoms with Crippen LogP contribution in [0.25, 0.3) is 10.8 Å². The molecule has 0 unspecified atom stereocenters. The third-order valence-corrected chi connectivity index (χ3v) is 6.12. The number of methoxy groups -OCH3 is 1. The van der Waals surface area contributed by atoms with E-state index in [0.717, 1.165) is 27.6 Å². The standard InChI is InChI=1S/C27H20ClNO4/c1-32-24-14-18(9-13-23(24)33-27(31)17-6-10-19(28)11-7-17)22-15-25(30)29-26-20-5-3-2-4-16(20)8-12-21(22)26/h2-14,22H,15H2,1H3,(H,29,30)/t22-/m1/s1. The van der Waals surface area contributed by atoms with Crippen LogP contribution in [-0.2, 0) is 4.79 Å². The number of halogens is 1. The predicted molar refractivity (Wildman–Crippen MR) is 128 cm³/mol. The van der Waals surface area contributed by atoms with Gasteiger partial charge in [-0.3, -0.25) is 4.79 Å². The molecule has 6 heteroatoms. The molecule has 0 aromatic heterocycles. The molecule has 4 aromatic rings. The maximum atomic E-state index is 12.6. The summed E-state index contributed by atoms with van der Waals surface area (Å²) in [4.78, 5) is 25.1. The highest BCUT2D eigenvalue weighted by atomic mass is 35.5. The Kier molecular flexibility index (Phi) is 5.48. The van der Waals surface area contributed by atoms with E-state index in [4.69, 9.17) is 21.1 Å². The molecule has 0 saturated heterocycles. The number of benzene rings is 4. The van der Waals surface area contributed by atoms with Crippen LogP contribution in [-0.4, -0.2) is 19.0 Å². The van der Waals surface area contributed by atoms with E-state index in [1.807, 2.05) is 36.4 Å². The second-order valence-electron chi connectivity index (χ2n) is 7.86. The molecule has 1 atom stereocenters. The van der Waals surface area contributed by atoms with Crippen LogP contribution in [0.1, 0.15) is 33.8 Å². The summed E-state index contributed by atoms with van der Waals surface area (Å²) in [5.74, 6) is 0.0317. The summed E-state index contributed by atoms with van der Waals surface area (Å²) in [6.45, 7) is 0. The fourth-order valence-corrected chi connectivity index (χ4v) is 4.36. The number of carbonyl (C=O) groups is 2. The van der Waals surface area contributed by atoms with E-state index in [2.05, 4.69) is 17.4 Å². The summed E-state index contributed by atoms with van der Waals surface area (Å²) in [6, 6.07) is 24.0. The van der Waals surface area contributed by atoms with Crippen molar-refractivity contribution in [3.63, 3.8) is 0 Å². The molecule has 5 rings (SSSR count). The molecule has 1 aliphatic rings. The van der Waals surface area contributed by atoms with E-state index in [9.17, 15) is 9.59 Å². The molecule has 33 heavy (non-hydrogen) atoms. The van der Waals surface area contributed by atoms with E-state index in [1.165, 1.54) is 7.11 Å². The van der Waals surface area contributed by atoms with Crippen LogP contribution in [0.15, 0.2) is 78.9 Å². The molecule has 5 nitrogen and oxygen atoms in total. The second-order valence-corrected chi connectivity index (χ2v) is 8.30. The lowest BCUT2D eigenvalue weighted by Gasteiger charge is -2.27. The van der Waals surface area contributed by atoms with Gasteiger partial charge in [-0.1, -0.05) is 54.1 Å². The molecule has 0 fully saturated rings. The highest BCUT2D eigenvalue weighted by molar-refractivity contribution is 6.30. The van der Waals surface area contributed by atoms with Crippen LogP contribution in [0.2, 0.25) is 5.02 Å². The van der Waals surface area contributed by atoms with Crippen molar-refractivity contribution in [2.45, 2.75) is 12.3 Å². The lowest BCUT2D eigenvalue weighted by molar-refractivity contribution is -0.116. The van der Waals surface area contributed by atoms with Crippen molar-refractivity contribution < 1.29 is 19.1 Å². The smallest absolute Gasteiger partial charge is 0.343 e. The van der Waals surface area contributed by atoms with Gasteiger partial charge in [0.1, 0.15) is 0 Å². The van der Waals surface area contributed by atoms with E-state index in [1.54, 1.807) is 30.3 Å². The monoisotopic (exact) mass is 457 g/mol. The predicted octanol–water partition coefficient (Wildman–Crippen LogP) is 6.20. The summed E-state index contributed by atoms with van der Waals surface area (Å²) in [7, 11) is 1.52. The van der Waals surface area contributed by atoms with Crippen LogP contribution in [0.5, 0.6) is 11.5 Å². The number of carbonyl (C=O) groups excluding carboxylic acids is 2. The first-order valence-corrected chi connectivity index (χ1v) is 10.9. The molecule has 164 valence electrons. The molecular formula is C27H20ClNO4. The minimum absolute atomic E-state index is 0.0407. The molecular weight excluding hydrogens is 438 g/mol. The number of nitrogens with one attached hydrogen (secondary N) is 1. The minimum Gasteiger partial charge on any atom is -0.493 e. The van der Waals surface area contributed by atoms with Gasteiger partial charge >= 0.3 is 5.97 Å². The summed E-state index contributed by atoms with van der Waals surface area (Å²) in [5, 5.41) is 5.66. The van der Waals surface area contributed by atoms with Crippen molar-refractivity contribution in [2.75, 3.05) is 12.4 Å². The van der Waals surface area contributed by atoms with Gasteiger partial charge in [-0.15, -0.1) is 0 Å². The maximum absolute atomic E-state index is 12.6. The molecule has 1 aliphatic heterocycles. The number of anilines is 1. The highest BCUT2D eigenvalue weighted by Gasteiger charge is 2.28. The van der Waals surface area contributed by atoms with E-state index >= 15 is 0 Å². The van der Waals surface area contributed by atoms with Gasteiger partial charge in [-0.2, -0.15) is 0 Å². The van der Waals surface area contributed by atoms with E-state index in [-0.39, 0.29) is 11.8 Å². The molecule has 0 aliphatic carbocycles. The number of fused-ring (bicyclic) bond motifs is 3. The van der Waals surface area contributed by atoms with Gasteiger partial charge in [-0.05, 0) is 52.9 Å². The van der Waals surface area contributed by atoms with Crippen molar-refractivity contribution in [1.29, 1.82) is 0 Å². The van der Waals surface area contributed by atoms with Gasteiger partial charge in [0.05, 0.1) is 18.4 Å². The minimum atomic E-state index is -0.508. The van der Waals surface area contributed by atoms with Crippen molar-refractivity contribution in [3.05, 3.63) is 101 Å². The van der Waals surface area contributed by atoms with Crippen LogP contribution in [0, 0.1) is 0 Å². The average molecular weight is 458 g/mol. The number of ether oxygens (including phenoxy) is 2. The number of esters is 1. The SMILES string of the molecule is COc1cc([C@H]2CC(=O)Nc3c2ccc2ccccc32)ccc1OC(=O)c1ccc(Cl)cc1. The molecule has 0 saturated carbocycles. The molecule has 1 amide bonds. The first-order valence-electron chi connectivity index (χ1n) is 10.5. The molecule has 0 spiro atoms. The first-order chi connectivity index (χ1) is 16.0. The Morgan fingerprint density at radius 2 is 1.76 bits per heavy atom. The van der Waals surface area contributed by atoms with E-state index < -0.39 is 5.97 Å². The van der Waals surface area contributed by atoms with Gasteiger partial charge in [-0.25, -0.2) is 4.79 Å². The number of hydrogen-bond acceptors (Lipinski definition) is 4. The Balaban J connectivity index is 1.49. The third-order valence-electron chi connectivity index (χ3n) is 5.86. The van der Waals surface area contributed by atoms with Crippen LogP contribution in [0.3, 0.4) is 0 Å². The summed E-state index contributed by atoms with van der Waals surface area (Å²) >= 11 is 5.89. The lowest BCUT2D eigenvalue weighted by atomic mass is 9.83. The fraction of sp³-hybridized carbons (Fsp3) is 0.111. The Morgan fingerprint density at radius 3 is 2.55 bits per heavy atom. The second kappa shape index (κ2) is 8.60. The molecule has 1 N–H and O–H groups in total. The number of amides is 1. The highest BCUT2D eigenvalue weighted by Crippen LogP contribution is 2.43. The van der Waals surface area contributed by atoms with Gasteiger partial charge in [0.2, 0.25) is 5.91 Å². The summed E-state index contributed by atoms with van der Waals surface area (Å²) in [5.41, 5.74) is 3.17. The number of hydrogen-bond donors (Lipinski definition) is 1. The topological polar surface area (TPSA) is 64.6 Å². The Labute approximate surface area is 195 Å². The summed E-state index contributed by atoms with van der Waals surface area (Å²) in [6.07, 6.45) is 0.318. The fourth-order valence-electron chi connectivity index (χ4n) is 4.23. The van der Waals surface area contributed by atoms with E-state index in [0.29, 0.717) is 28.5 Å². The quantitative estimate of drug-likeness (QED) is 0.293. The first kappa shape index (κ1) is 21.0. The third kappa shape index (κ3) is 4.03. The van der Waals surface area contributed by atoms with Crippen molar-refractivity contribution in [1.82, 2.24) is 0 Å². The van der Waals surface area contributed by atoms with Crippen molar-refractivity contribution in [3.8, 4) is 11.5 Å². The molecule has 0 bridgehead atoms. The maximum Gasteiger partial charge on any atom is 0.343 e. The van der Waals surface area contributed by atoms with Gasteiger partial charge in [0.25, 0.3) is 0 Å². The molecule has 1 heterocycles. The van der Waals surface area contributed by atoms with Gasteiger partial charge in [0.15, 0.2) is 11.5 Å². The van der Waals surface area contributed by atoms with Crippen LogP contribution < -0.4 is 14.8 Å². The Morgan fingerprint density at radius 1 is 0.970 bits per heavy atom. The molecule has 0 radical (unpaired) electrons. The Bertz CT molecular complexity index is 1380. The zero-order valence-corrected chi connectivity index (χ0v) is 18.6. The lowest BCUT2D eigenvalue weighted by Crippen LogP contribution is -2.23. The summed E-state index contributed by atoms with van der Waals surface area (Å²) < 4.78 is 11.1. The van der Waals surface area contributed by atoms with Crippen LogP contribution >= 0.6 is 11.6 Å². The van der Waals surface area contributed by atoms with Crippen molar-refractivity contribution >= 4 is 39.9 Å². The Hall–Kier alpha value is -3.83. The molecule has 4 aromatic carbocycles. The van der Waals surface area contributed by atoms with Gasteiger partial charge in [0, 0.05) is 22.7 Å². The number of rotatable bonds is 4.